The minimum Gasteiger partial charge on any atom is -0.482 e. The van der Waals surface area contributed by atoms with Crippen molar-refractivity contribution in [3.63, 3.8) is 0 Å². The molecule has 5 aromatic rings. The molecule has 0 bridgehead atoms. The number of fused-ring (bicyclic) bond motifs is 4. The van der Waals surface area contributed by atoms with E-state index in [4.69, 9.17) is 9.72 Å². The van der Waals surface area contributed by atoms with Crippen molar-refractivity contribution in [2.24, 2.45) is 11.3 Å². The summed E-state index contributed by atoms with van der Waals surface area (Å²) < 4.78 is 7.94. The zero-order valence-corrected chi connectivity index (χ0v) is 28.7. The van der Waals surface area contributed by atoms with Crippen LogP contribution in [0.15, 0.2) is 84.9 Å². The monoisotopic (exact) mass is 659 g/mol. The maximum atomic E-state index is 11.3. The van der Waals surface area contributed by atoms with Crippen molar-refractivity contribution in [2.75, 3.05) is 11.8 Å². The average Bonchev–Trinajstić information content (AvgIpc) is 3.44. The lowest BCUT2D eigenvalue weighted by atomic mass is 9.49. The van der Waals surface area contributed by atoms with E-state index in [2.05, 4.69) is 68.7 Å². The normalized spacial score (nSPS) is 21.7. The van der Waals surface area contributed by atoms with E-state index in [0.717, 1.165) is 65.8 Å². The van der Waals surface area contributed by atoms with E-state index in [9.17, 15) is 20.3 Å². The molecular weight excluding hydrogens is 614 g/mol. The molecule has 0 aliphatic heterocycles. The van der Waals surface area contributed by atoms with Gasteiger partial charge in [0.25, 0.3) is 0 Å². The number of imidazole rings is 1. The summed E-state index contributed by atoms with van der Waals surface area (Å²) in [5.74, 6) is 1.27. The Kier molecular flexibility index (Phi) is 8.49. The largest absolute Gasteiger partial charge is 0.482 e. The van der Waals surface area contributed by atoms with Crippen LogP contribution in [0.2, 0.25) is 0 Å². The lowest BCUT2D eigenvalue weighted by Gasteiger charge is -2.56. The topological polar surface area (TPSA) is 108 Å². The minimum atomic E-state index is -1.03. The van der Waals surface area contributed by atoms with Crippen LogP contribution < -0.4 is 9.96 Å². The Labute approximate surface area is 287 Å². The zero-order valence-electron chi connectivity index (χ0n) is 28.7. The first-order chi connectivity index (χ1) is 23.4. The summed E-state index contributed by atoms with van der Waals surface area (Å²) in [5, 5.41) is 28.6. The van der Waals surface area contributed by atoms with Crippen LogP contribution in [0.5, 0.6) is 5.75 Å². The van der Waals surface area contributed by atoms with Crippen LogP contribution in [0, 0.1) is 11.3 Å². The number of carboxylic acids is 1. The predicted molar refractivity (Wildman–Crippen MR) is 191 cm³/mol. The fraction of sp³-hybridized carbons (Fsp3) is 0.366. The molecule has 1 saturated carbocycles. The highest BCUT2D eigenvalue weighted by molar-refractivity contribution is 5.86. The van der Waals surface area contributed by atoms with Crippen molar-refractivity contribution in [1.29, 1.82) is 0 Å². The molecule has 0 unspecified atom stereocenters. The molecule has 4 aromatic carbocycles. The highest BCUT2D eigenvalue weighted by atomic mass is 16.8. The Morgan fingerprint density at radius 1 is 0.959 bits per heavy atom. The zero-order chi connectivity index (χ0) is 34.5. The van der Waals surface area contributed by atoms with Crippen molar-refractivity contribution in [3.8, 4) is 28.3 Å². The number of hydrogen-bond donors (Lipinski definition) is 3. The van der Waals surface area contributed by atoms with E-state index < -0.39 is 12.6 Å². The number of ether oxygens (including phenoxy) is 1. The van der Waals surface area contributed by atoms with Crippen LogP contribution in [0.4, 0.5) is 5.69 Å². The second-order valence-corrected chi connectivity index (χ2v) is 14.9. The van der Waals surface area contributed by atoms with Crippen LogP contribution in [-0.4, -0.2) is 37.6 Å². The molecule has 1 heterocycles. The second kappa shape index (κ2) is 12.7. The van der Waals surface area contributed by atoms with Crippen LogP contribution in [0.25, 0.3) is 33.5 Å². The molecule has 8 nitrogen and oxygen atoms in total. The van der Waals surface area contributed by atoms with Crippen molar-refractivity contribution in [3.05, 3.63) is 102 Å². The standard InChI is InChI=1S/C41H45N3O5/c1-26(2)27-12-15-34-30(20-27)14-17-37-40(3,18-7-19-41(34,37)4)25-43-36-16-13-29(28-8-5-10-32(21-28)44(47)48)23-35(36)42-39(43)31-9-6-11-33(22-31)49-24-38(45)46/h5-6,8-13,15-16,20-23,26,37,47-48H,7,14,17-19,24-25H2,1-4H3,(H,45,46)/t37-,40-,41+/m0/s1. The predicted octanol–water partition coefficient (Wildman–Crippen LogP) is 9.25. The number of aryl methyl sites for hydroxylation is 1. The number of aromatic nitrogens is 2. The van der Waals surface area contributed by atoms with Gasteiger partial charge in [-0.25, -0.2) is 9.78 Å². The molecular formula is C41H45N3O5. The third-order valence-electron chi connectivity index (χ3n) is 11.3. The van der Waals surface area contributed by atoms with Crippen LogP contribution in [-0.2, 0) is 23.2 Å². The van der Waals surface area contributed by atoms with Gasteiger partial charge in [-0.15, -0.1) is 5.23 Å². The van der Waals surface area contributed by atoms with Crippen molar-refractivity contribution in [2.45, 2.75) is 77.7 Å². The third kappa shape index (κ3) is 6.08. The second-order valence-electron chi connectivity index (χ2n) is 14.9. The maximum absolute atomic E-state index is 11.3. The van der Waals surface area contributed by atoms with Gasteiger partial charge in [-0.2, -0.15) is 0 Å². The lowest BCUT2D eigenvalue weighted by molar-refractivity contribution is -0.139. The lowest BCUT2D eigenvalue weighted by Crippen LogP contribution is -2.50. The first kappa shape index (κ1) is 32.9. The minimum absolute atomic E-state index is 0.0000786. The van der Waals surface area contributed by atoms with Gasteiger partial charge < -0.3 is 14.4 Å². The summed E-state index contributed by atoms with van der Waals surface area (Å²) >= 11 is 0. The number of hydrogen-bond acceptors (Lipinski definition) is 6. The Morgan fingerprint density at radius 2 is 1.73 bits per heavy atom. The van der Waals surface area contributed by atoms with Gasteiger partial charge in [0.05, 0.1) is 16.7 Å². The molecule has 0 saturated heterocycles. The van der Waals surface area contributed by atoms with Gasteiger partial charge >= 0.3 is 5.97 Å². The summed E-state index contributed by atoms with van der Waals surface area (Å²) in [6.07, 6.45) is 5.70. The van der Waals surface area contributed by atoms with E-state index in [1.54, 1.807) is 24.3 Å². The Bertz CT molecular complexity index is 2030. The van der Waals surface area contributed by atoms with E-state index >= 15 is 0 Å². The summed E-state index contributed by atoms with van der Waals surface area (Å²) in [4.78, 5) is 16.5. The molecule has 3 atom stereocenters. The molecule has 3 N–H and O–H groups in total. The molecule has 0 radical (unpaired) electrons. The van der Waals surface area contributed by atoms with Gasteiger partial charge in [0.1, 0.15) is 11.6 Å². The Hall–Kier alpha value is -4.66. The molecule has 1 aromatic heterocycles. The SMILES string of the molecule is CC(C)c1ccc2c(c1)CC[C@H]1[C@](C)(Cn3c(-c4cccc(OCC(=O)O)c4)nc4cc(-c5cccc(N(O)O)c5)ccc43)CCC[C@]21C. The first-order valence-corrected chi connectivity index (χ1v) is 17.3. The quantitative estimate of drug-likeness (QED) is 0.135. The highest BCUT2D eigenvalue weighted by Gasteiger charge is 2.52. The Morgan fingerprint density at radius 3 is 2.51 bits per heavy atom. The van der Waals surface area contributed by atoms with Gasteiger partial charge in [0.2, 0.25) is 0 Å². The van der Waals surface area contributed by atoms with Gasteiger partial charge in [-0.1, -0.05) is 82.6 Å². The number of anilines is 1. The van der Waals surface area contributed by atoms with Gasteiger partial charge in [-0.05, 0) is 113 Å². The molecule has 254 valence electrons. The number of benzene rings is 4. The molecule has 0 amide bonds. The molecule has 8 heteroatoms. The fourth-order valence-electron chi connectivity index (χ4n) is 8.92. The van der Waals surface area contributed by atoms with E-state index in [1.807, 2.05) is 24.3 Å². The molecule has 7 rings (SSSR count). The number of aliphatic carboxylic acids is 1. The fourth-order valence-corrected chi connectivity index (χ4v) is 8.92. The molecule has 0 spiro atoms. The van der Waals surface area contributed by atoms with Crippen molar-refractivity contribution < 1.29 is 25.1 Å². The average molecular weight is 660 g/mol. The summed E-state index contributed by atoms with van der Waals surface area (Å²) in [5.41, 5.74) is 9.26. The van der Waals surface area contributed by atoms with Gasteiger partial charge in [0, 0.05) is 12.1 Å². The summed E-state index contributed by atoms with van der Waals surface area (Å²) in [6, 6.07) is 28.0. The summed E-state index contributed by atoms with van der Waals surface area (Å²) in [6.45, 7) is 9.88. The van der Waals surface area contributed by atoms with Crippen molar-refractivity contribution in [1.82, 2.24) is 9.55 Å². The number of carbonyl (C=O) groups is 1. The van der Waals surface area contributed by atoms with Gasteiger partial charge in [-0.3, -0.25) is 10.4 Å². The van der Waals surface area contributed by atoms with E-state index in [1.165, 1.54) is 23.1 Å². The maximum Gasteiger partial charge on any atom is 0.341 e. The van der Waals surface area contributed by atoms with Crippen LogP contribution in [0.3, 0.4) is 0 Å². The summed E-state index contributed by atoms with van der Waals surface area (Å²) in [7, 11) is 0. The van der Waals surface area contributed by atoms with Gasteiger partial charge in [0.15, 0.2) is 6.61 Å². The van der Waals surface area contributed by atoms with Crippen molar-refractivity contribution >= 4 is 22.7 Å². The van der Waals surface area contributed by atoms with Crippen LogP contribution >= 0.6 is 0 Å². The number of nitrogens with zero attached hydrogens (tertiary/aromatic N) is 3. The first-order valence-electron chi connectivity index (χ1n) is 17.3. The smallest absolute Gasteiger partial charge is 0.341 e. The highest BCUT2D eigenvalue weighted by Crippen LogP contribution is 2.58. The Balaban J connectivity index is 1.32. The third-order valence-corrected chi connectivity index (χ3v) is 11.3. The molecule has 2 aliphatic rings. The molecule has 2 aliphatic carbocycles. The number of rotatable bonds is 9. The van der Waals surface area contributed by atoms with E-state index in [-0.39, 0.29) is 21.7 Å². The molecule has 1 fully saturated rings. The molecule has 49 heavy (non-hydrogen) atoms. The van der Waals surface area contributed by atoms with E-state index in [0.29, 0.717) is 17.6 Å². The van der Waals surface area contributed by atoms with Crippen LogP contribution in [0.1, 0.15) is 76.0 Å². The number of carboxylic acid groups (broad SMARTS) is 1.